The number of benzene rings is 1. The van der Waals surface area contributed by atoms with Crippen molar-refractivity contribution in [2.45, 2.75) is 24.6 Å². The number of thioether (sulfide) groups is 1. The van der Waals surface area contributed by atoms with E-state index in [-0.39, 0.29) is 5.69 Å². The van der Waals surface area contributed by atoms with Gasteiger partial charge in [-0.15, -0.1) is 0 Å². The van der Waals surface area contributed by atoms with Gasteiger partial charge in [-0.2, -0.15) is 11.8 Å². The highest BCUT2D eigenvalue weighted by molar-refractivity contribution is 8.00. The van der Waals surface area contributed by atoms with Gasteiger partial charge in [-0.25, -0.2) is 12.8 Å². The summed E-state index contributed by atoms with van der Waals surface area (Å²) in [5, 5.41) is 3.92. The van der Waals surface area contributed by atoms with Crippen LogP contribution in [0.3, 0.4) is 0 Å². The van der Waals surface area contributed by atoms with Crippen LogP contribution >= 0.6 is 11.8 Å². The SMILES string of the molecule is CC1CC(Nc2ccc(F)c(NS(C)(=O)=O)c2)CS1. The summed E-state index contributed by atoms with van der Waals surface area (Å²) in [5.41, 5.74) is 0.707. The molecule has 1 heterocycles. The first-order chi connectivity index (χ1) is 8.83. The summed E-state index contributed by atoms with van der Waals surface area (Å²) in [4.78, 5) is 0. The number of sulfonamides is 1. The standard InChI is InChI=1S/C12H17FN2O2S2/c1-8-5-10(7-18-8)14-9-3-4-11(13)12(6-9)15-19(2,16)17/h3-4,6,8,10,14-15H,5,7H2,1-2H3. The third-order valence-electron chi connectivity index (χ3n) is 2.83. The topological polar surface area (TPSA) is 58.2 Å². The molecule has 2 N–H and O–H groups in total. The number of anilines is 2. The zero-order chi connectivity index (χ0) is 14.0. The van der Waals surface area contributed by atoms with E-state index in [0.717, 1.165) is 24.1 Å². The second kappa shape index (κ2) is 5.58. The monoisotopic (exact) mass is 304 g/mol. The van der Waals surface area contributed by atoms with Crippen LogP contribution in [0.4, 0.5) is 15.8 Å². The average molecular weight is 304 g/mol. The fraction of sp³-hybridized carbons (Fsp3) is 0.500. The van der Waals surface area contributed by atoms with Gasteiger partial charge < -0.3 is 5.32 Å². The molecule has 2 atom stereocenters. The highest BCUT2D eigenvalue weighted by Crippen LogP contribution is 2.29. The van der Waals surface area contributed by atoms with Gasteiger partial charge in [0.05, 0.1) is 11.9 Å². The van der Waals surface area contributed by atoms with Crippen molar-refractivity contribution in [3.63, 3.8) is 0 Å². The molecule has 1 aromatic carbocycles. The molecule has 0 spiro atoms. The molecule has 1 fully saturated rings. The number of rotatable bonds is 4. The summed E-state index contributed by atoms with van der Waals surface area (Å²) in [7, 11) is -3.47. The predicted molar refractivity (Wildman–Crippen MR) is 78.8 cm³/mol. The van der Waals surface area contributed by atoms with Gasteiger partial charge in [0, 0.05) is 22.7 Å². The van der Waals surface area contributed by atoms with Crippen LogP contribution < -0.4 is 10.0 Å². The van der Waals surface area contributed by atoms with Gasteiger partial charge in [-0.1, -0.05) is 6.92 Å². The maximum Gasteiger partial charge on any atom is 0.229 e. The van der Waals surface area contributed by atoms with Gasteiger partial charge in [0.1, 0.15) is 5.82 Å². The van der Waals surface area contributed by atoms with Gasteiger partial charge in [-0.05, 0) is 24.6 Å². The maximum atomic E-state index is 13.5. The van der Waals surface area contributed by atoms with Crippen LogP contribution in [0.2, 0.25) is 0 Å². The second-order valence-electron chi connectivity index (χ2n) is 4.79. The van der Waals surface area contributed by atoms with Crippen LogP contribution in [0, 0.1) is 5.82 Å². The first-order valence-corrected chi connectivity index (χ1v) is 8.93. The molecular weight excluding hydrogens is 287 g/mol. The van der Waals surface area contributed by atoms with E-state index in [0.29, 0.717) is 11.3 Å². The lowest BCUT2D eigenvalue weighted by Crippen LogP contribution is -2.19. The minimum Gasteiger partial charge on any atom is -0.381 e. The largest absolute Gasteiger partial charge is 0.381 e. The normalized spacial score (nSPS) is 23.3. The molecule has 0 aliphatic carbocycles. The van der Waals surface area contributed by atoms with E-state index in [1.807, 2.05) is 11.8 Å². The summed E-state index contributed by atoms with van der Waals surface area (Å²) in [6.45, 7) is 2.17. The first-order valence-electron chi connectivity index (χ1n) is 5.99. The van der Waals surface area contributed by atoms with Gasteiger partial charge in [-0.3, -0.25) is 4.72 Å². The molecular formula is C12H17FN2O2S2. The molecule has 106 valence electrons. The third kappa shape index (κ3) is 4.28. The maximum absolute atomic E-state index is 13.5. The Labute approximate surface area is 117 Å². The quantitative estimate of drug-likeness (QED) is 0.897. The van der Waals surface area contributed by atoms with Crippen molar-refractivity contribution in [1.82, 2.24) is 0 Å². The molecule has 1 aromatic rings. The molecule has 1 aliphatic heterocycles. The molecule has 0 bridgehead atoms. The molecule has 1 saturated heterocycles. The Morgan fingerprint density at radius 3 is 2.74 bits per heavy atom. The second-order valence-corrected chi connectivity index (χ2v) is 8.01. The molecule has 2 unspecified atom stereocenters. The minimum atomic E-state index is -3.47. The van der Waals surface area contributed by atoms with Crippen LogP contribution in [-0.2, 0) is 10.0 Å². The van der Waals surface area contributed by atoms with Crippen LogP contribution in [-0.4, -0.2) is 31.7 Å². The van der Waals surface area contributed by atoms with Gasteiger partial charge >= 0.3 is 0 Å². The number of hydrogen-bond donors (Lipinski definition) is 2. The first kappa shape index (κ1) is 14.5. The van der Waals surface area contributed by atoms with E-state index in [9.17, 15) is 12.8 Å². The Morgan fingerprint density at radius 1 is 1.42 bits per heavy atom. The molecule has 2 rings (SSSR count). The van der Waals surface area contributed by atoms with Crippen molar-refractivity contribution in [2.24, 2.45) is 0 Å². The van der Waals surface area contributed by atoms with Crippen molar-refractivity contribution in [3.05, 3.63) is 24.0 Å². The molecule has 1 aliphatic rings. The molecule has 0 amide bonds. The van der Waals surface area contributed by atoms with Crippen LogP contribution in [0.5, 0.6) is 0 Å². The number of nitrogens with one attached hydrogen (secondary N) is 2. The van der Waals surface area contributed by atoms with E-state index < -0.39 is 15.8 Å². The van der Waals surface area contributed by atoms with Crippen molar-refractivity contribution in [2.75, 3.05) is 22.0 Å². The summed E-state index contributed by atoms with van der Waals surface area (Å²) in [5.74, 6) is 0.429. The highest BCUT2D eigenvalue weighted by atomic mass is 32.2. The van der Waals surface area contributed by atoms with Crippen LogP contribution in [0.15, 0.2) is 18.2 Å². The van der Waals surface area contributed by atoms with E-state index >= 15 is 0 Å². The Bertz CT molecular complexity index is 563. The van der Waals surface area contributed by atoms with Gasteiger partial charge in [0.2, 0.25) is 10.0 Å². The summed E-state index contributed by atoms with van der Waals surface area (Å²) in [6.07, 6.45) is 2.05. The Hall–Kier alpha value is -0.950. The van der Waals surface area contributed by atoms with E-state index in [4.69, 9.17) is 0 Å². The molecule has 0 saturated carbocycles. The summed E-state index contributed by atoms with van der Waals surface area (Å²) >= 11 is 1.89. The van der Waals surface area contributed by atoms with Crippen molar-refractivity contribution < 1.29 is 12.8 Å². The summed E-state index contributed by atoms with van der Waals surface area (Å²) in [6, 6.07) is 4.72. The van der Waals surface area contributed by atoms with Crippen molar-refractivity contribution in [1.29, 1.82) is 0 Å². The molecule has 0 radical (unpaired) electrons. The average Bonchev–Trinajstić information content (AvgIpc) is 2.67. The highest BCUT2D eigenvalue weighted by Gasteiger charge is 2.21. The van der Waals surface area contributed by atoms with E-state index in [1.165, 1.54) is 12.1 Å². The smallest absolute Gasteiger partial charge is 0.229 e. The predicted octanol–water partition coefficient (Wildman–Crippen LogP) is 2.50. The molecule has 7 heteroatoms. The third-order valence-corrected chi connectivity index (χ3v) is 4.78. The lowest BCUT2D eigenvalue weighted by atomic mass is 10.2. The van der Waals surface area contributed by atoms with Gasteiger partial charge in [0.25, 0.3) is 0 Å². The Kier molecular flexibility index (Phi) is 4.25. The number of halogens is 1. The lowest BCUT2D eigenvalue weighted by Gasteiger charge is -2.15. The molecule has 4 nitrogen and oxygen atoms in total. The van der Waals surface area contributed by atoms with Gasteiger partial charge in [0.15, 0.2) is 0 Å². The summed E-state index contributed by atoms with van der Waals surface area (Å²) < 4.78 is 38.0. The van der Waals surface area contributed by atoms with Crippen molar-refractivity contribution >= 4 is 33.2 Å². The van der Waals surface area contributed by atoms with E-state index in [1.54, 1.807) is 6.07 Å². The Balaban J connectivity index is 2.12. The van der Waals surface area contributed by atoms with Crippen molar-refractivity contribution in [3.8, 4) is 0 Å². The van der Waals surface area contributed by atoms with E-state index in [2.05, 4.69) is 17.0 Å². The zero-order valence-electron chi connectivity index (χ0n) is 10.8. The lowest BCUT2D eigenvalue weighted by molar-refractivity contribution is 0.603. The fourth-order valence-corrected chi connectivity index (χ4v) is 3.75. The fourth-order valence-electron chi connectivity index (χ4n) is 2.05. The zero-order valence-corrected chi connectivity index (χ0v) is 12.4. The Morgan fingerprint density at radius 2 is 2.16 bits per heavy atom. The van der Waals surface area contributed by atoms with Crippen LogP contribution in [0.25, 0.3) is 0 Å². The minimum absolute atomic E-state index is 0.0220. The van der Waals surface area contributed by atoms with Crippen LogP contribution in [0.1, 0.15) is 13.3 Å². The molecule has 0 aromatic heterocycles. The number of hydrogen-bond acceptors (Lipinski definition) is 4. The molecule has 19 heavy (non-hydrogen) atoms.